The maximum atomic E-state index is 12.5. The highest BCUT2D eigenvalue weighted by Gasteiger charge is 2.09. The number of carbonyl (C=O) groups is 3. The zero-order valence-electron chi connectivity index (χ0n) is 29.7. The Balaban J connectivity index is 3.98. The van der Waals surface area contributed by atoms with E-state index in [0.29, 0.717) is 12.8 Å². The first-order chi connectivity index (χ1) is 22.5. The molecule has 1 amide bonds. The lowest BCUT2D eigenvalue weighted by atomic mass is 10.1. The van der Waals surface area contributed by atoms with Crippen LogP contribution >= 0.6 is 0 Å². The van der Waals surface area contributed by atoms with Crippen molar-refractivity contribution in [3.05, 3.63) is 48.6 Å². The predicted molar refractivity (Wildman–Crippen MR) is 194 cm³/mol. The first kappa shape index (κ1) is 43.4. The minimum atomic E-state index is -1.03. The van der Waals surface area contributed by atoms with Crippen molar-refractivity contribution in [1.82, 2.24) is 5.32 Å². The molecule has 0 aliphatic rings. The Morgan fingerprint density at radius 2 is 1.09 bits per heavy atom. The zero-order chi connectivity index (χ0) is 33.8. The number of aliphatic carboxylic acids is 1. The normalized spacial score (nSPS) is 12.6. The number of rotatable bonds is 33. The summed E-state index contributed by atoms with van der Waals surface area (Å²) in [6.07, 6.45) is 44.3. The lowest BCUT2D eigenvalue weighted by Gasteiger charge is -2.11. The molecule has 0 fully saturated rings. The largest absolute Gasteiger partial charge is 0.480 e. The van der Waals surface area contributed by atoms with Crippen LogP contribution in [-0.4, -0.2) is 35.6 Å². The van der Waals surface area contributed by atoms with Crippen molar-refractivity contribution in [3.63, 3.8) is 0 Å². The second kappa shape index (κ2) is 35.2. The molecule has 0 aromatic carbocycles. The number of allylic oxidation sites excluding steroid dienone is 6. The summed E-state index contributed by atoms with van der Waals surface area (Å²) in [4.78, 5) is 34.6. The molecule has 2 N–H and O–H groups in total. The van der Waals surface area contributed by atoms with E-state index in [9.17, 15) is 14.4 Å². The van der Waals surface area contributed by atoms with Crippen LogP contribution in [0.25, 0.3) is 0 Å². The lowest BCUT2D eigenvalue weighted by molar-refractivity contribution is -0.145. The van der Waals surface area contributed by atoms with Gasteiger partial charge in [0.2, 0.25) is 5.91 Å². The van der Waals surface area contributed by atoms with Crippen molar-refractivity contribution < 1.29 is 24.2 Å². The summed E-state index contributed by atoms with van der Waals surface area (Å²) >= 11 is 0. The molecule has 0 aromatic rings. The number of ether oxygens (including phenoxy) is 1. The molecular weight excluding hydrogens is 574 g/mol. The van der Waals surface area contributed by atoms with Crippen molar-refractivity contribution in [2.24, 2.45) is 0 Å². The predicted octanol–water partition coefficient (Wildman–Crippen LogP) is 11.1. The van der Waals surface area contributed by atoms with Crippen LogP contribution in [0, 0.1) is 0 Å². The summed E-state index contributed by atoms with van der Waals surface area (Å²) in [6, 6.07) is 0. The van der Waals surface area contributed by atoms with Crippen LogP contribution in [0.2, 0.25) is 0 Å². The van der Waals surface area contributed by atoms with Crippen LogP contribution in [0.3, 0.4) is 0 Å². The summed E-state index contributed by atoms with van der Waals surface area (Å²) in [5, 5.41) is 11.0. The summed E-state index contributed by atoms with van der Waals surface area (Å²) in [5.41, 5.74) is 0. The average molecular weight is 644 g/mol. The van der Waals surface area contributed by atoms with Crippen molar-refractivity contribution in [1.29, 1.82) is 0 Å². The Kier molecular flexibility index (Phi) is 33.2. The average Bonchev–Trinajstić information content (AvgIpc) is 3.04. The summed E-state index contributed by atoms with van der Waals surface area (Å²) in [6.45, 7) is 4.04. The van der Waals surface area contributed by atoms with Gasteiger partial charge in [0.1, 0.15) is 12.6 Å². The molecule has 0 rings (SSSR count). The van der Waals surface area contributed by atoms with Crippen molar-refractivity contribution in [2.75, 3.05) is 6.54 Å². The fourth-order valence-electron chi connectivity index (χ4n) is 5.17. The zero-order valence-corrected chi connectivity index (χ0v) is 29.7. The van der Waals surface area contributed by atoms with Gasteiger partial charge in [-0.3, -0.25) is 14.4 Å². The summed E-state index contributed by atoms with van der Waals surface area (Å²) < 4.78 is 5.76. The van der Waals surface area contributed by atoms with E-state index in [-0.39, 0.29) is 24.5 Å². The first-order valence-corrected chi connectivity index (χ1v) is 18.8. The molecule has 0 saturated heterocycles. The van der Waals surface area contributed by atoms with Crippen LogP contribution < -0.4 is 5.32 Å². The highest BCUT2D eigenvalue weighted by Crippen LogP contribution is 2.13. The van der Waals surface area contributed by atoms with E-state index in [2.05, 4.69) is 43.5 Å². The SMILES string of the molecule is CC/C=C\C/C=C\C(/C=C\CCCCCC(=O)NCC(=O)O)OC(=O)CCCCCCCCCCC/C=C\CCCCCCCC. The van der Waals surface area contributed by atoms with Crippen LogP contribution in [0.4, 0.5) is 0 Å². The molecule has 46 heavy (non-hydrogen) atoms. The number of nitrogens with one attached hydrogen (secondary N) is 1. The molecule has 264 valence electrons. The van der Waals surface area contributed by atoms with Gasteiger partial charge in [-0.15, -0.1) is 0 Å². The molecule has 6 nitrogen and oxygen atoms in total. The molecule has 0 saturated carbocycles. The van der Waals surface area contributed by atoms with Gasteiger partial charge in [-0.1, -0.05) is 134 Å². The quantitative estimate of drug-likeness (QED) is 0.0422. The highest BCUT2D eigenvalue weighted by molar-refractivity contribution is 5.80. The van der Waals surface area contributed by atoms with E-state index in [1.54, 1.807) is 0 Å². The van der Waals surface area contributed by atoms with Gasteiger partial charge >= 0.3 is 11.9 Å². The Hall–Kier alpha value is -2.63. The third-order valence-corrected chi connectivity index (χ3v) is 7.95. The minimum absolute atomic E-state index is 0.142. The van der Waals surface area contributed by atoms with Crippen molar-refractivity contribution in [3.8, 4) is 0 Å². The number of carboxylic acid groups (broad SMARTS) is 1. The fraction of sp³-hybridized carbons (Fsp3) is 0.725. The maximum Gasteiger partial charge on any atom is 0.322 e. The standard InChI is InChI=1S/C40H69NO5/c1-3-5-7-9-10-11-12-13-14-15-16-17-18-19-20-21-22-27-31-35-40(45)46-37(32-28-24-8-6-4-2)33-29-25-23-26-30-34-38(42)41-36-39(43)44/h6,8,13-14,28-29,32-33,37H,3-5,7,9-12,15-27,30-31,34-36H2,1-2H3,(H,41,42)(H,43,44)/b8-6-,14-13-,32-28-,33-29-. The molecule has 0 radical (unpaired) electrons. The van der Waals surface area contributed by atoms with E-state index in [4.69, 9.17) is 9.84 Å². The van der Waals surface area contributed by atoms with Crippen LogP contribution in [0.15, 0.2) is 48.6 Å². The number of carbonyl (C=O) groups excluding carboxylic acids is 2. The number of carboxylic acids is 1. The Morgan fingerprint density at radius 3 is 1.67 bits per heavy atom. The van der Waals surface area contributed by atoms with E-state index < -0.39 is 5.97 Å². The van der Waals surface area contributed by atoms with Gasteiger partial charge in [-0.05, 0) is 76.4 Å². The van der Waals surface area contributed by atoms with Gasteiger partial charge in [-0.25, -0.2) is 0 Å². The van der Waals surface area contributed by atoms with Gasteiger partial charge in [-0.2, -0.15) is 0 Å². The second-order valence-electron chi connectivity index (χ2n) is 12.4. The van der Waals surface area contributed by atoms with Crippen LogP contribution in [-0.2, 0) is 19.1 Å². The van der Waals surface area contributed by atoms with Crippen LogP contribution in [0.1, 0.15) is 174 Å². The third kappa shape index (κ3) is 34.2. The van der Waals surface area contributed by atoms with Gasteiger partial charge in [0.25, 0.3) is 0 Å². The third-order valence-electron chi connectivity index (χ3n) is 7.95. The van der Waals surface area contributed by atoms with E-state index in [1.165, 1.54) is 96.3 Å². The molecule has 0 aliphatic carbocycles. The second-order valence-corrected chi connectivity index (χ2v) is 12.4. The molecule has 6 heteroatoms. The van der Waals surface area contributed by atoms with E-state index >= 15 is 0 Å². The number of esters is 1. The van der Waals surface area contributed by atoms with Gasteiger partial charge in [0.05, 0.1) is 0 Å². The van der Waals surface area contributed by atoms with Crippen molar-refractivity contribution >= 4 is 17.8 Å². The first-order valence-electron chi connectivity index (χ1n) is 18.8. The smallest absolute Gasteiger partial charge is 0.322 e. The minimum Gasteiger partial charge on any atom is -0.480 e. The van der Waals surface area contributed by atoms with E-state index in [1.807, 2.05) is 24.3 Å². The number of hydrogen-bond donors (Lipinski definition) is 2. The Bertz CT molecular complexity index is 845. The topological polar surface area (TPSA) is 92.7 Å². The number of unbranched alkanes of at least 4 members (excludes halogenated alkanes) is 18. The highest BCUT2D eigenvalue weighted by atomic mass is 16.5. The molecule has 0 aliphatic heterocycles. The number of hydrogen-bond acceptors (Lipinski definition) is 4. The molecule has 0 heterocycles. The van der Waals surface area contributed by atoms with Gasteiger partial charge in [0.15, 0.2) is 0 Å². The van der Waals surface area contributed by atoms with E-state index in [0.717, 1.165) is 51.4 Å². The Morgan fingerprint density at radius 1 is 0.587 bits per heavy atom. The summed E-state index contributed by atoms with van der Waals surface area (Å²) in [7, 11) is 0. The molecule has 0 spiro atoms. The van der Waals surface area contributed by atoms with Crippen molar-refractivity contribution in [2.45, 2.75) is 180 Å². The lowest BCUT2D eigenvalue weighted by Crippen LogP contribution is -2.28. The Labute approximate surface area is 282 Å². The molecule has 0 bridgehead atoms. The number of amides is 1. The maximum absolute atomic E-state index is 12.5. The van der Waals surface area contributed by atoms with Gasteiger partial charge in [0, 0.05) is 12.8 Å². The molecule has 1 atom stereocenters. The molecular formula is C40H69NO5. The monoisotopic (exact) mass is 644 g/mol. The molecule has 1 unspecified atom stereocenters. The fourth-order valence-corrected chi connectivity index (χ4v) is 5.17. The molecule has 0 aromatic heterocycles. The summed E-state index contributed by atoms with van der Waals surface area (Å²) in [5.74, 6) is -1.40. The van der Waals surface area contributed by atoms with Crippen LogP contribution in [0.5, 0.6) is 0 Å². The van der Waals surface area contributed by atoms with Gasteiger partial charge < -0.3 is 15.2 Å².